The van der Waals surface area contributed by atoms with E-state index in [9.17, 15) is 34.6 Å². The summed E-state index contributed by atoms with van der Waals surface area (Å²) in [6.45, 7) is 2.16. The number of aromatic amines is 1. The van der Waals surface area contributed by atoms with Gasteiger partial charge >= 0.3 is 10.4 Å². The number of nitrogens with one attached hydrogen (secondary N) is 1. The standard InChI is InChI=1S/C20H22N4O11S3/c1-12-9-16(17(34-3)11-18(12)36(26,27)8-7-35-38(31,32)33)21-22-19-13(2)23-24(20(19)25)14-5-4-6-15(10-14)37(28,29)30/h4-6,9-11,23H,7-8H2,1-3H3,(H,28,29,30)(H,31,32,33). The quantitative estimate of drug-likeness (QED) is 0.229. The molecule has 0 fully saturated rings. The molecule has 206 valence electrons. The minimum atomic E-state index is -4.81. The van der Waals surface area contributed by atoms with Gasteiger partial charge in [0.25, 0.3) is 15.7 Å². The first kappa shape index (κ1) is 29.1. The zero-order valence-corrected chi connectivity index (χ0v) is 22.5. The molecule has 18 heteroatoms. The van der Waals surface area contributed by atoms with Crippen LogP contribution in [-0.4, -0.2) is 63.6 Å². The second-order valence-corrected chi connectivity index (χ2v) is 12.3. The number of nitrogens with zero attached hydrogens (tertiary/aromatic N) is 3. The maximum Gasteiger partial charge on any atom is 0.397 e. The molecule has 15 nitrogen and oxygen atoms in total. The van der Waals surface area contributed by atoms with Crippen molar-refractivity contribution in [1.29, 1.82) is 0 Å². The zero-order valence-electron chi connectivity index (χ0n) is 20.0. The second-order valence-electron chi connectivity index (χ2n) is 7.76. The predicted octanol–water partition coefficient (Wildman–Crippen LogP) is 2.05. The molecular weight excluding hydrogens is 568 g/mol. The van der Waals surface area contributed by atoms with Gasteiger partial charge in [0.05, 0.1) is 40.6 Å². The first-order valence-corrected chi connectivity index (χ1v) is 14.8. The summed E-state index contributed by atoms with van der Waals surface area (Å²) >= 11 is 0. The summed E-state index contributed by atoms with van der Waals surface area (Å²) in [6, 6.07) is 7.48. The fourth-order valence-corrected chi connectivity index (χ4v) is 5.59. The maximum absolute atomic E-state index is 12.9. The molecule has 1 aromatic heterocycles. The highest BCUT2D eigenvalue weighted by Gasteiger charge is 2.22. The van der Waals surface area contributed by atoms with E-state index >= 15 is 0 Å². The summed E-state index contributed by atoms with van der Waals surface area (Å²) in [5.74, 6) is -0.776. The van der Waals surface area contributed by atoms with Crippen LogP contribution in [0.5, 0.6) is 5.75 Å². The SMILES string of the molecule is COc1cc(S(=O)(=O)CCOS(=O)(=O)O)c(C)cc1N=Nc1c(C)[nH]n(-c2cccc(S(=O)(=O)O)c2)c1=O. The number of rotatable bonds is 10. The summed E-state index contributed by atoms with van der Waals surface area (Å²) in [7, 11) is -12.1. The first-order chi connectivity index (χ1) is 17.5. The number of azo groups is 1. The average molecular weight is 591 g/mol. The van der Waals surface area contributed by atoms with Gasteiger partial charge in [-0.25, -0.2) is 17.3 Å². The Morgan fingerprint density at radius 3 is 2.29 bits per heavy atom. The summed E-state index contributed by atoms with van der Waals surface area (Å²) in [4.78, 5) is 12.3. The number of aryl methyl sites for hydroxylation is 2. The summed E-state index contributed by atoms with van der Waals surface area (Å²) in [6.07, 6.45) is 0. The molecular formula is C20H22N4O11S3. The first-order valence-electron chi connectivity index (χ1n) is 10.4. The van der Waals surface area contributed by atoms with Crippen LogP contribution in [0.15, 0.2) is 61.2 Å². The third kappa shape index (κ3) is 6.71. The van der Waals surface area contributed by atoms with E-state index in [0.29, 0.717) is 0 Å². The molecule has 0 amide bonds. The number of sulfone groups is 1. The van der Waals surface area contributed by atoms with Gasteiger partial charge in [-0.15, -0.1) is 10.2 Å². The van der Waals surface area contributed by atoms with Gasteiger partial charge in [0.2, 0.25) is 0 Å². The molecule has 0 saturated carbocycles. The third-order valence-electron chi connectivity index (χ3n) is 5.07. The van der Waals surface area contributed by atoms with E-state index in [1.807, 2.05) is 0 Å². The van der Waals surface area contributed by atoms with Crippen molar-refractivity contribution in [3.05, 3.63) is 58.0 Å². The summed E-state index contributed by atoms with van der Waals surface area (Å²) in [5.41, 5.74) is -0.177. The van der Waals surface area contributed by atoms with E-state index < -0.39 is 53.2 Å². The van der Waals surface area contributed by atoms with E-state index in [0.717, 1.165) is 22.9 Å². The van der Waals surface area contributed by atoms with Gasteiger partial charge in [-0.2, -0.15) is 16.8 Å². The van der Waals surface area contributed by atoms with Gasteiger partial charge in [-0.1, -0.05) is 6.07 Å². The number of ether oxygens (including phenoxy) is 1. The Labute approximate surface area is 217 Å². The van der Waals surface area contributed by atoms with Crippen LogP contribution in [0.1, 0.15) is 11.3 Å². The molecule has 0 aliphatic carbocycles. The van der Waals surface area contributed by atoms with Gasteiger partial charge in [0.1, 0.15) is 11.4 Å². The van der Waals surface area contributed by atoms with Crippen molar-refractivity contribution in [3.8, 4) is 11.4 Å². The maximum atomic E-state index is 12.9. The Morgan fingerprint density at radius 2 is 1.68 bits per heavy atom. The minimum absolute atomic E-state index is 0.0250. The molecule has 0 atom stereocenters. The Hall–Kier alpha value is -3.42. The molecule has 0 spiro atoms. The van der Waals surface area contributed by atoms with Gasteiger partial charge in [-0.3, -0.25) is 19.0 Å². The summed E-state index contributed by atoms with van der Waals surface area (Å²) < 4.78 is 97.7. The van der Waals surface area contributed by atoms with Crippen LogP contribution in [0.2, 0.25) is 0 Å². The fourth-order valence-electron chi connectivity index (χ4n) is 3.31. The number of hydrogen-bond acceptors (Lipinski definition) is 11. The number of methoxy groups -OCH3 is 1. The normalized spacial score (nSPS) is 12.8. The van der Waals surface area contributed by atoms with Crippen molar-refractivity contribution in [2.45, 2.75) is 23.6 Å². The Morgan fingerprint density at radius 1 is 1.00 bits per heavy atom. The molecule has 38 heavy (non-hydrogen) atoms. The largest absolute Gasteiger partial charge is 0.494 e. The molecule has 0 saturated heterocycles. The predicted molar refractivity (Wildman–Crippen MR) is 132 cm³/mol. The van der Waals surface area contributed by atoms with Crippen molar-refractivity contribution < 1.29 is 43.3 Å². The molecule has 0 radical (unpaired) electrons. The van der Waals surface area contributed by atoms with Crippen molar-refractivity contribution in [3.63, 3.8) is 0 Å². The molecule has 0 aliphatic rings. The van der Waals surface area contributed by atoms with Gasteiger partial charge < -0.3 is 4.74 Å². The third-order valence-corrected chi connectivity index (χ3v) is 8.20. The lowest BCUT2D eigenvalue weighted by atomic mass is 10.2. The van der Waals surface area contributed by atoms with Crippen molar-refractivity contribution in [2.24, 2.45) is 10.2 Å². The van der Waals surface area contributed by atoms with Crippen LogP contribution in [0, 0.1) is 13.8 Å². The minimum Gasteiger partial charge on any atom is -0.494 e. The van der Waals surface area contributed by atoms with Crippen LogP contribution in [-0.2, 0) is 34.5 Å². The van der Waals surface area contributed by atoms with Crippen LogP contribution < -0.4 is 10.3 Å². The summed E-state index contributed by atoms with van der Waals surface area (Å²) in [5, 5.41) is 10.7. The number of aromatic nitrogens is 2. The molecule has 2 aromatic carbocycles. The second kappa shape index (κ2) is 10.8. The number of benzene rings is 2. The highest BCUT2D eigenvalue weighted by atomic mass is 32.3. The fraction of sp³-hybridized carbons (Fsp3) is 0.250. The van der Waals surface area contributed by atoms with Crippen LogP contribution in [0.3, 0.4) is 0 Å². The smallest absolute Gasteiger partial charge is 0.397 e. The average Bonchev–Trinajstić information content (AvgIpc) is 3.09. The lowest BCUT2D eigenvalue weighted by Crippen LogP contribution is -2.16. The lowest BCUT2D eigenvalue weighted by molar-refractivity contribution is 0.284. The van der Waals surface area contributed by atoms with Gasteiger partial charge in [-0.05, 0) is 43.7 Å². The Bertz CT molecular complexity index is 1790. The molecule has 0 aliphatic heterocycles. The Balaban J connectivity index is 1.96. The number of H-pyrrole nitrogens is 1. The van der Waals surface area contributed by atoms with Crippen LogP contribution in [0.4, 0.5) is 11.4 Å². The van der Waals surface area contributed by atoms with Crippen LogP contribution in [0.25, 0.3) is 5.69 Å². The Kier molecular flexibility index (Phi) is 8.24. The highest BCUT2D eigenvalue weighted by molar-refractivity contribution is 7.91. The van der Waals surface area contributed by atoms with Gasteiger partial charge in [0.15, 0.2) is 15.5 Å². The van der Waals surface area contributed by atoms with Gasteiger partial charge in [0, 0.05) is 6.07 Å². The van der Waals surface area contributed by atoms with E-state index in [4.69, 9.17) is 9.29 Å². The van der Waals surface area contributed by atoms with Crippen molar-refractivity contribution >= 4 is 41.7 Å². The van der Waals surface area contributed by atoms with E-state index in [2.05, 4.69) is 19.5 Å². The lowest BCUT2D eigenvalue weighted by Gasteiger charge is -2.11. The molecule has 3 rings (SSSR count). The monoisotopic (exact) mass is 590 g/mol. The number of hydrogen-bond donors (Lipinski definition) is 3. The van der Waals surface area contributed by atoms with Crippen LogP contribution >= 0.6 is 0 Å². The highest BCUT2D eigenvalue weighted by Crippen LogP contribution is 2.34. The van der Waals surface area contributed by atoms with Crippen molar-refractivity contribution in [1.82, 2.24) is 9.78 Å². The topological polar surface area (TPSA) is 224 Å². The van der Waals surface area contributed by atoms with E-state index in [1.54, 1.807) is 0 Å². The molecule has 3 N–H and O–H groups in total. The van der Waals surface area contributed by atoms with E-state index in [-0.39, 0.29) is 39.0 Å². The molecule has 0 bridgehead atoms. The molecule has 3 aromatic rings. The molecule has 0 unspecified atom stereocenters. The van der Waals surface area contributed by atoms with E-state index in [1.165, 1.54) is 39.2 Å². The molecule has 1 heterocycles. The zero-order chi connectivity index (χ0) is 28.5. The van der Waals surface area contributed by atoms with Crippen molar-refractivity contribution in [2.75, 3.05) is 19.5 Å².